The van der Waals surface area contributed by atoms with Gasteiger partial charge in [-0.2, -0.15) is 0 Å². The van der Waals surface area contributed by atoms with Crippen molar-refractivity contribution < 1.29 is 0 Å². The van der Waals surface area contributed by atoms with Crippen molar-refractivity contribution in [2.45, 2.75) is 45.1 Å². The van der Waals surface area contributed by atoms with Crippen molar-refractivity contribution in [3.63, 3.8) is 0 Å². The third-order valence-electron chi connectivity index (χ3n) is 4.23. The summed E-state index contributed by atoms with van der Waals surface area (Å²) < 4.78 is 0. The summed E-state index contributed by atoms with van der Waals surface area (Å²) in [5, 5.41) is 3.61. The van der Waals surface area contributed by atoms with Gasteiger partial charge in [-0.1, -0.05) is 12.5 Å². The Balaban J connectivity index is 1.79. The zero-order valence-corrected chi connectivity index (χ0v) is 11.3. The molecule has 0 spiro atoms. The van der Waals surface area contributed by atoms with Gasteiger partial charge in [-0.05, 0) is 50.8 Å². The van der Waals surface area contributed by atoms with Crippen LogP contribution in [-0.2, 0) is 0 Å². The minimum atomic E-state index is 0.527. The second-order valence-electron chi connectivity index (χ2n) is 5.54. The van der Waals surface area contributed by atoms with E-state index in [4.69, 9.17) is 4.98 Å². The van der Waals surface area contributed by atoms with Gasteiger partial charge in [0.1, 0.15) is 5.82 Å². The largest absolute Gasteiger partial charge is 0.357 e. The van der Waals surface area contributed by atoms with Crippen LogP contribution in [-0.4, -0.2) is 24.6 Å². The number of anilines is 1. The van der Waals surface area contributed by atoms with Gasteiger partial charge in [-0.25, -0.2) is 4.98 Å². The molecule has 0 radical (unpaired) electrons. The number of nitrogens with zero attached hydrogens (tertiary/aromatic N) is 2. The fourth-order valence-electron chi connectivity index (χ4n) is 3.17. The summed E-state index contributed by atoms with van der Waals surface area (Å²) in [4.78, 5) is 7.22. The molecule has 1 aromatic rings. The minimum Gasteiger partial charge on any atom is -0.357 e. The van der Waals surface area contributed by atoms with Crippen LogP contribution in [0.3, 0.4) is 0 Å². The number of aromatic nitrogens is 1. The molecule has 3 rings (SSSR count). The van der Waals surface area contributed by atoms with Crippen molar-refractivity contribution in [3.8, 4) is 0 Å². The first-order chi connectivity index (χ1) is 8.84. The Labute approximate surface area is 110 Å². The zero-order valence-electron chi connectivity index (χ0n) is 11.3. The van der Waals surface area contributed by atoms with E-state index in [2.05, 4.69) is 29.3 Å². The zero-order chi connectivity index (χ0) is 12.4. The van der Waals surface area contributed by atoms with E-state index >= 15 is 0 Å². The Kier molecular flexibility index (Phi) is 3.50. The Hall–Kier alpha value is -1.09. The summed E-state index contributed by atoms with van der Waals surface area (Å²) in [6.45, 7) is 5.66. The Morgan fingerprint density at radius 1 is 1.17 bits per heavy atom. The molecule has 0 amide bonds. The van der Waals surface area contributed by atoms with Crippen LogP contribution in [0.5, 0.6) is 0 Å². The van der Waals surface area contributed by atoms with Crippen molar-refractivity contribution in [1.82, 2.24) is 10.3 Å². The summed E-state index contributed by atoms with van der Waals surface area (Å²) in [6.07, 6.45) is 6.53. The molecule has 2 fully saturated rings. The predicted octanol–water partition coefficient (Wildman–Crippen LogP) is 2.80. The summed E-state index contributed by atoms with van der Waals surface area (Å²) >= 11 is 0. The third-order valence-corrected chi connectivity index (χ3v) is 4.23. The predicted molar refractivity (Wildman–Crippen MR) is 75.0 cm³/mol. The van der Waals surface area contributed by atoms with E-state index in [0.717, 1.165) is 6.54 Å². The molecule has 1 aromatic heterocycles. The maximum Gasteiger partial charge on any atom is 0.128 e. The molecule has 2 saturated heterocycles. The van der Waals surface area contributed by atoms with Crippen molar-refractivity contribution >= 4 is 5.82 Å². The molecular formula is C15H23N3. The summed E-state index contributed by atoms with van der Waals surface area (Å²) in [6, 6.07) is 5.03. The number of piperidine rings is 1. The molecule has 1 atom stereocenters. The molecule has 3 heterocycles. The molecular weight excluding hydrogens is 222 g/mol. The van der Waals surface area contributed by atoms with Gasteiger partial charge in [-0.15, -0.1) is 0 Å². The van der Waals surface area contributed by atoms with Crippen molar-refractivity contribution in [2.24, 2.45) is 0 Å². The summed E-state index contributed by atoms with van der Waals surface area (Å²) in [5.74, 6) is 1.17. The first-order valence-electron chi connectivity index (χ1n) is 7.30. The van der Waals surface area contributed by atoms with E-state index in [1.807, 2.05) is 0 Å². The Morgan fingerprint density at radius 3 is 2.67 bits per heavy atom. The Morgan fingerprint density at radius 2 is 2.00 bits per heavy atom. The van der Waals surface area contributed by atoms with E-state index in [1.165, 1.54) is 62.3 Å². The molecule has 18 heavy (non-hydrogen) atoms. The molecule has 3 nitrogen and oxygen atoms in total. The van der Waals surface area contributed by atoms with Gasteiger partial charge in [0.25, 0.3) is 0 Å². The molecule has 1 N–H and O–H groups in total. The number of nitrogens with one attached hydrogen (secondary N) is 1. The molecule has 2 aliphatic rings. The lowest BCUT2D eigenvalue weighted by atomic mass is 9.96. The first-order valence-corrected chi connectivity index (χ1v) is 7.30. The normalized spacial score (nSPS) is 24.5. The van der Waals surface area contributed by atoms with Gasteiger partial charge in [-0.3, -0.25) is 0 Å². The third kappa shape index (κ3) is 2.37. The van der Waals surface area contributed by atoms with Crippen LogP contribution < -0.4 is 10.2 Å². The molecule has 98 valence electrons. The maximum absolute atomic E-state index is 4.82. The van der Waals surface area contributed by atoms with Crippen LogP contribution in [0.1, 0.15) is 49.4 Å². The van der Waals surface area contributed by atoms with Crippen molar-refractivity contribution in [3.05, 3.63) is 23.4 Å². The second-order valence-corrected chi connectivity index (χ2v) is 5.54. The van der Waals surface area contributed by atoms with Crippen LogP contribution in [0.15, 0.2) is 12.1 Å². The molecule has 0 bridgehead atoms. The number of hydrogen-bond donors (Lipinski definition) is 1. The lowest BCUT2D eigenvalue weighted by Crippen LogP contribution is -2.28. The highest BCUT2D eigenvalue weighted by Gasteiger charge is 2.19. The van der Waals surface area contributed by atoms with Crippen LogP contribution in [0.2, 0.25) is 0 Å². The molecule has 0 saturated carbocycles. The fourth-order valence-corrected chi connectivity index (χ4v) is 3.17. The smallest absolute Gasteiger partial charge is 0.128 e. The molecule has 2 aliphatic heterocycles. The monoisotopic (exact) mass is 245 g/mol. The summed E-state index contributed by atoms with van der Waals surface area (Å²) in [7, 11) is 0. The van der Waals surface area contributed by atoms with Crippen LogP contribution in [0.25, 0.3) is 0 Å². The minimum absolute atomic E-state index is 0.527. The van der Waals surface area contributed by atoms with Crippen molar-refractivity contribution in [2.75, 3.05) is 24.5 Å². The van der Waals surface area contributed by atoms with Crippen LogP contribution in [0, 0.1) is 6.92 Å². The average Bonchev–Trinajstić information content (AvgIpc) is 2.93. The van der Waals surface area contributed by atoms with Gasteiger partial charge in [0.15, 0.2) is 0 Å². The highest BCUT2D eigenvalue weighted by molar-refractivity contribution is 5.43. The maximum atomic E-state index is 4.82. The standard InChI is InChI=1S/C15H23N3/c1-12-13(14-6-2-3-9-16-14)7-8-15(17-12)18-10-4-5-11-18/h7-8,14,16H,2-6,9-11H2,1H3/t14-/m1/s1. The number of aryl methyl sites for hydroxylation is 1. The Bertz CT molecular complexity index is 404. The lowest BCUT2D eigenvalue weighted by Gasteiger charge is -2.26. The molecule has 0 unspecified atom stereocenters. The number of pyridine rings is 1. The molecule has 0 aliphatic carbocycles. The van der Waals surface area contributed by atoms with Gasteiger partial charge in [0, 0.05) is 24.8 Å². The quantitative estimate of drug-likeness (QED) is 0.868. The first kappa shape index (κ1) is 12.0. The summed E-state index contributed by atoms with van der Waals surface area (Å²) in [5.41, 5.74) is 2.61. The second kappa shape index (κ2) is 5.27. The van der Waals surface area contributed by atoms with Crippen LogP contribution in [0.4, 0.5) is 5.82 Å². The molecule has 3 heteroatoms. The van der Waals surface area contributed by atoms with Gasteiger partial charge >= 0.3 is 0 Å². The average molecular weight is 245 g/mol. The number of rotatable bonds is 2. The van der Waals surface area contributed by atoms with Gasteiger partial charge in [0.2, 0.25) is 0 Å². The molecule has 0 aromatic carbocycles. The lowest BCUT2D eigenvalue weighted by molar-refractivity contribution is 0.410. The highest BCUT2D eigenvalue weighted by atomic mass is 15.2. The van der Waals surface area contributed by atoms with Crippen molar-refractivity contribution in [1.29, 1.82) is 0 Å². The van der Waals surface area contributed by atoms with E-state index < -0.39 is 0 Å². The van der Waals surface area contributed by atoms with E-state index in [1.54, 1.807) is 0 Å². The van der Waals surface area contributed by atoms with Crippen LogP contribution >= 0.6 is 0 Å². The fraction of sp³-hybridized carbons (Fsp3) is 0.667. The van der Waals surface area contributed by atoms with Gasteiger partial charge < -0.3 is 10.2 Å². The highest BCUT2D eigenvalue weighted by Crippen LogP contribution is 2.27. The van der Waals surface area contributed by atoms with E-state index in [-0.39, 0.29) is 0 Å². The van der Waals surface area contributed by atoms with Gasteiger partial charge in [0.05, 0.1) is 0 Å². The van der Waals surface area contributed by atoms with E-state index in [0.29, 0.717) is 6.04 Å². The number of hydrogen-bond acceptors (Lipinski definition) is 3. The van der Waals surface area contributed by atoms with E-state index in [9.17, 15) is 0 Å². The SMILES string of the molecule is Cc1nc(N2CCCC2)ccc1[C@H]1CCCCN1. The topological polar surface area (TPSA) is 28.2 Å².